The lowest BCUT2D eigenvalue weighted by molar-refractivity contribution is -0.134. The molecule has 2 amide bonds. The Bertz CT molecular complexity index is 791. The van der Waals surface area contributed by atoms with Gasteiger partial charge in [-0.3, -0.25) is 9.59 Å². The van der Waals surface area contributed by atoms with Crippen LogP contribution in [0, 0.1) is 6.92 Å². The number of aromatic nitrogens is 2. The first kappa shape index (κ1) is 18.1. The lowest BCUT2D eigenvalue weighted by Gasteiger charge is -2.34. The van der Waals surface area contributed by atoms with Crippen molar-refractivity contribution in [2.24, 2.45) is 0 Å². The molecule has 1 fully saturated rings. The SMILES string of the molecule is Cc1cc(Cl)ccc1NC(=O)CC(=O)N1CCN(c2ncccn2)CC1. The normalized spacial score (nSPS) is 14.2. The predicted molar refractivity (Wildman–Crippen MR) is 100 cm³/mol. The molecule has 2 aromatic rings. The van der Waals surface area contributed by atoms with Gasteiger partial charge in [-0.2, -0.15) is 0 Å². The van der Waals surface area contributed by atoms with Crippen molar-refractivity contribution >= 4 is 35.1 Å². The smallest absolute Gasteiger partial charge is 0.233 e. The Morgan fingerprint density at radius 2 is 1.85 bits per heavy atom. The van der Waals surface area contributed by atoms with Crippen molar-refractivity contribution in [2.75, 3.05) is 36.4 Å². The maximum absolute atomic E-state index is 12.4. The minimum atomic E-state index is -0.325. The fourth-order valence-corrected chi connectivity index (χ4v) is 3.05. The van der Waals surface area contributed by atoms with Crippen molar-refractivity contribution in [1.82, 2.24) is 14.9 Å². The van der Waals surface area contributed by atoms with E-state index in [-0.39, 0.29) is 18.2 Å². The molecule has 3 rings (SSSR count). The zero-order valence-corrected chi connectivity index (χ0v) is 15.2. The molecule has 1 aliphatic rings. The zero-order valence-electron chi connectivity index (χ0n) is 14.5. The molecule has 8 heteroatoms. The zero-order chi connectivity index (χ0) is 18.5. The summed E-state index contributed by atoms with van der Waals surface area (Å²) >= 11 is 5.91. The number of carbonyl (C=O) groups is 2. The summed E-state index contributed by atoms with van der Waals surface area (Å²) in [4.78, 5) is 36.7. The standard InChI is InChI=1S/C18H20ClN5O2/c1-13-11-14(19)3-4-15(13)22-16(25)12-17(26)23-7-9-24(10-8-23)18-20-5-2-6-21-18/h2-6,11H,7-10,12H2,1H3,(H,22,25). The van der Waals surface area contributed by atoms with Crippen LogP contribution in [0.15, 0.2) is 36.7 Å². The molecule has 0 bridgehead atoms. The van der Waals surface area contributed by atoms with Crippen LogP contribution in [0.3, 0.4) is 0 Å². The van der Waals surface area contributed by atoms with Gasteiger partial charge in [-0.05, 0) is 36.8 Å². The number of anilines is 2. The summed E-state index contributed by atoms with van der Waals surface area (Å²) in [5.41, 5.74) is 1.52. The van der Waals surface area contributed by atoms with Crippen molar-refractivity contribution in [3.8, 4) is 0 Å². The molecule has 0 spiro atoms. The quantitative estimate of drug-likeness (QED) is 0.830. The first-order valence-electron chi connectivity index (χ1n) is 8.38. The molecular weight excluding hydrogens is 354 g/mol. The summed E-state index contributed by atoms with van der Waals surface area (Å²) in [6, 6.07) is 6.98. The van der Waals surface area contributed by atoms with Gasteiger partial charge in [0.25, 0.3) is 0 Å². The molecule has 2 heterocycles. The number of nitrogens with one attached hydrogen (secondary N) is 1. The van der Waals surface area contributed by atoms with Crippen LogP contribution >= 0.6 is 11.6 Å². The average molecular weight is 374 g/mol. The first-order chi connectivity index (χ1) is 12.5. The van der Waals surface area contributed by atoms with Crippen LogP contribution < -0.4 is 10.2 Å². The predicted octanol–water partition coefficient (Wildman–Crippen LogP) is 2.12. The second-order valence-electron chi connectivity index (χ2n) is 6.10. The first-order valence-corrected chi connectivity index (χ1v) is 8.76. The molecule has 0 aliphatic carbocycles. The van der Waals surface area contributed by atoms with E-state index in [1.807, 2.05) is 11.8 Å². The second-order valence-corrected chi connectivity index (χ2v) is 6.54. The summed E-state index contributed by atoms with van der Waals surface area (Å²) in [5, 5.41) is 3.37. The van der Waals surface area contributed by atoms with Crippen LogP contribution in [0.2, 0.25) is 5.02 Å². The highest BCUT2D eigenvalue weighted by atomic mass is 35.5. The summed E-state index contributed by atoms with van der Waals surface area (Å²) in [5.74, 6) is 0.160. The number of benzene rings is 1. The monoisotopic (exact) mass is 373 g/mol. The van der Waals surface area contributed by atoms with Crippen LogP contribution in [0.25, 0.3) is 0 Å². The van der Waals surface area contributed by atoms with Gasteiger partial charge in [-0.25, -0.2) is 9.97 Å². The number of aryl methyl sites for hydroxylation is 1. The molecule has 1 N–H and O–H groups in total. The molecule has 1 aliphatic heterocycles. The lowest BCUT2D eigenvalue weighted by Crippen LogP contribution is -2.49. The highest BCUT2D eigenvalue weighted by molar-refractivity contribution is 6.30. The summed E-state index contributed by atoms with van der Waals surface area (Å²) in [7, 11) is 0. The van der Waals surface area contributed by atoms with Gasteiger partial charge < -0.3 is 15.1 Å². The van der Waals surface area contributed by atoms with Gasteiger partial charge in [-0.1, -0.05) is 11.6 Å². The molecule has 1 saturated heterocycles. The maximum atomic E-state index is 12.4. The van der Waals surface area contributed by atoms with Crippen molar-refractivity contribution < 1.29 is 9.59 Å². The Morgan fingerprint density at radius 1 is 1.15 bits per heavy atom. The number of amides is 2. The molecule has 1 aromatic carbocycles. The van der Waals surface area contributed by atoms with E-state index in [2.05, 4.69) is 15.3 Å². The van der Waals surface area contributed by atoms with Gasteiger partial charge in [0.1, 0.15) is 6.42 Å². The number of hydrogen-bond acceptors (Lipinski definition) is 5. The number of nitrogens with zero attached hydrogens (tertiary/aromatic N) is 4. The van der Waals surface area contributed by atoms with Crippen LogP contribution in [0.4, 0.5) is 11.6 Å². The Labute approximate surface area is 157 Å². The minimum absolute atomic E-state index is 0.177. The second kappa shape index (κ2) is 8.14. The van der Waals surface area contributed by atoms with Crippen LogP contribution in [0.1, 0.15) is 12.0 Å². The van der Waals surface area contributed by atoms with Gasteiger partial charge in [0.05, 0.1) is 0 Å². The van der Waals surface area contributed by atoms with Crippen LogP contribution in [0.5, 0.6) is 0 Å². The van der Waals surface area contributed by atoms with E-state index in [0.29, 0.717) is 42.8 Å². The Morgan fingerprint density at radius 3 is 2.50 bits per heavy atom. The van der Waals surface area contributed by atoms with Gasteiger partial charge in [0.2, 0.25) is 17.8 Å². The van der Waals surface area contributed by atoms with Crippen molar-refractivity contribution in [3.05, 3.63) is 47.2 Å². The fraction of sp³-hybridized carbons (Fsp3) is 0.333. The third-order valence-electron chi connectivity index (χ3n) is 4.24. The Hall–Kier alpha value is -2.67. The third kappa shape index (κ3) is 4.49. The van der Waals surface area contributed by atoms with E-state index in [0.717, 1.165) is 5.56 Å². The van der Waals surface area contributed by atoms with E-state index in [4.69, 9.17) is 11.6 Å². The molecule has 0 unspecified atom stereocenters. The molecule has 0 atom stereocenters. The van der Waals surface area contributed by atoms with E-state index in [9.17, 15) is 9.59 Å². The number of rotatable bonds is 4. The number of carbonyl (C=O) groups excluding carboxylic acids is 2. The van der Waals surface area contributed by atoms with Crippen molar-refractivity contribution in [3.63, 3.8) is 0 Å². The van der Waals surface area contributed by atoms with Crippen molar-refractivity contribution in [1.29, 1.82) is 0 Å². The fourth-order valence-electron chi connectivity index (χ4n) is 2.82. The van der Waals surface area contributed by atoms with E-state index >= 15 is 0 Å². The van der Waals surface area contributed by atoms with Crippen molar-refractivity contribution in [2.45, 2.75) is 13.3 Å². The largest absolute Gasteiger partial charge is 0.339 e. The van der Waals surface area contributed by atoms with E-state index in [1.165, 1.54) is 0 Å². The molecule has 1 aromatic heterocycles. The third-order valence-corrected chi connectivity index (χ3v) is 4.48. The molecule has 0 saturated carbocycles. The topological polar surface area (TPSA) is 78.4 Å². The number of hydrogen-bond donors (Lipinski definition) is 1. The number of halogens is 1. The Kier molecular flexibility index (Phi) is 5.68. The lowest BCUT2D eigenvalue weighted by atomic mass is 10.2. The highest BCUT2D eigenvalue weighted by Crippen LogP contribution is 2.20. The van der Waals surface area contributed by atoms with Gasteiger partial charge in [0.15, 0.2) is 0 Å². The van der Waals surface area contributed by atoms with Crippen LogP contribution in [-0.4, -0.2) is 52.9 Å². The van der Waals surface area contributed by atoms with Gasteiger partial charge >= 0.3 is 0 Å². The average Bonchev–Trinajstić information content (AvgIpc) is 2.65. The van der Waals surface area contributed by atoms with Gasteiger partial charge in [-0.15, -0.1) is 0 Å². The van der Waals surface area contributed by atoms with Gasteiger partial charge in [0, 0.05) is 49.3 Å². The minimum Gasteiger partial charge on any atom is -0.339 e. The van der Waals surface area contributed by atoms with E-state index < -0.39 is 0 Å². The summed E-state index contributed by atoms with van der Waals surface area (Å²) in [6.07, 6.45) is 3.22. The molecule has 7 nitrogen and oxygen atoms in total. The maximum Gasteiger partial charge on any atom is 0.233 e. The number of piperazine rings is 1. The Balaban J connectivity index is 1.50. The molecule has 136 valence electrons. The summed E-state index contributed by atoms with van der Waals surface area (Å²) < 4.78 is 0. The molecule has 0 radical (unpaired) electrons. The molecular formula is C18H20ClN5O2. The van der Waals surface area contributed by atoms with E-state index in [1.54, 1.807) is 41.6 Å². The van der Waals surface area contributed by atoms with Crippen LogP contribution in [-0.2, 0) is 9.59 Å². The molecule has 26 heavy (non-hydrogen) atoms. The highest BCUT2D eigenvalue weighted by Gasteiger charge is 2.24. The summed E-state index contributed by atoms with van der Waals surface area (Å²) in [6.45, 7) is 4.24.